The molecule has 0 atom stereocenters. The molecule has 0 saturated heterocycles. The average molecular weight is 211 g/mol. The van der Waals surface area contributed by atoms with Crippen LogP contribution >= 0.6 is 11.6 Å². The SMILES string of the molecule is O=c1cc(Cl)ncn1Cc1ccoc1. The Hall–Kier alpha value is -1.55. The molecule has 2 aromatic heterocycles. The van der Waals surface area contributed by atoms with E-state index in [0.29, 0.717) is 6.54 Å². The molecule has 0 radical (unpaired) electrons. The van der Waals surface area contributed by atoms with Gasteiger partial charge >= 0.3 is 0 Å². The van der Waals surface area contributed by atoms with Gasteiger partial charge in [-0.05, 0) is 6.07 Å². The molecule has 0 spiro atoms. The van der Waals surface area contributed by atoms with Crippen LogP contribution in [0.2, 0.25) is 5.15 Å². The summed E-state index contributed by atoms with van der Waals surface area (Å²) in [5, 5.41) is 0.207. The lowest BCUT2D eigenvalue weighted by Gasteiger charge is -2.01. The molecule has 0 aliphatic heterocycles. The number of hydrogen-bond acceptors (Lipinski definition) is 3. The lowest BCUT2D eigenvalue weighted by molar-refractivity contribution is 0.561. The largest absolute Gasteiger partial charge is 0.472 e. The maximum atomic E-state index is 11.4. The summed E-state index contributed by atoms with van der Waals surface area (Å²) in [7, 11) is 0. The molecule has 2 aromatic rings. The summed E-state index contributed by atoms with van der Waals surface area (Å²) in [6.07, 6.45) is 4.56. The fourth-order valence-corrected chi connectivity index (χ4v) is 1.24. The van der Waals surface area contributed by atoms with E-state index in [1.807, 2.05) is 0 Å². The van der Waals surface area contributed by atoms with Gasteiger partial charge in [0.1, 0.15) is 5.15 Å². The maximum absolute atomic E-state index is 11.4. The first-order chi connectivity index (χ1) is 6.75. The summed E-state index contributed by atoms with van der Waals surface area (Å²) in [6.45, 7) is 0.444. The zero-order chi connectivity index (χ0) is 9.97. The Balaban J connectivity index is 2.30. The van der Waals surface area contributed by atoms with Crippen molar-refractivity contribution in [1.82, 2.24) is 9.55 Å². The van der Waals surface area contributed by atoms with E-state index in [-0.39, 0.29) is 10.7 Å². The summed E-state index contributed by atoms with van der Waals surface area (Å²) in [5.74, 6) is 0. The van der Waals surface area contributed by atoms with E-state index in [1.165, 1.54) is 17.0 Å². The predicted octanol–water partition coefficient (Wildman–Crippen LogP) is 1.54. The van der Waals surface area contributed by atoms with Crippen LogP contribution < -0.4 is 5.56 Å². The molecule has 2 heterocycles. The summed E-state index contributed by atoms with van der Waals surface area (Å²) < 4.78 is 6.34. The van der Waals surface area contributed by atoms with Crippen LogP contribution in [0.1, 0.15) is 5.56 Å². The van der Waals surface area contributed by atoms with E-state index in [4.69, 9.17) is 16.0 Å². The highest BCUT2D eigenvalue weighted by Gasteiger charge is 2.00. The van der Waals surface area contributed by atoms with E-state index in [1.54, 1.807) is 18.6 Å². The van der Waals surface area contributed by atoms with Crippen LogP contribution in [0.4, 0.5) is 0 Å². The maximum Gasteiger partial charge on any atom is 0.255 e. The monoisotopic (exact) mass is 210 g/mol. The fourth-order valence-electron chi connectivity index (χ4n) is 1.10. The van der Waals surface area contributed by atoms with Gasteiger partial charge in [0, 0.05) is 11.6 Å². The first-order valence-corrected chi connectivity index (χ1v) is 4.36. The Labute approximate surface area is 84.8 Å². The third-order valence-corrected chi connectivity index (χ3v) is 1.99. The lowest BCUT2D eigenvalue weighted by Crippen LogP contribution is -2.19. The molecule has 0 aliphatic rings. The molecule has 0 N–H and O–H groups in total. The van der Waals surface area contributed by atoms with Gasteiger partial charge in [0.15, 0.2) is 0 Å². The Kier molecular flexibility index (Phi) is 2.37. The molecule has 4 nitrogen and oxygen atoms in total. The van der Waals surface area contributed by atoms with Crippen molar-refractivity contribution < 1.29 is 4.42 Å². The van der Waals surface area contributed by atoms with Crippen molar-refractivity contribution in [2.45, 2.75) is 6.54 Å². The molecule has 0 aliphatic carbocycles. The van der Waals surface area contributed by atoms with E-state index >= 15 is 0 Å². The van der Waals surface area contributed by atoms with E-state index in [0.717, 1.165) is 5.56 Å². The highest BCUT2D eigenvalue weighted by atomic mass is 35.5. The minimum absolute atomic E-state index is 0.175. The van der Waals surface area contributed by atoms with Crippen molar-refractivity contribution in [2.75, 3.05) is 0 Å². The van der Waals surface area contributed by atoms with Crippen LogP contribution in [0.15, 0.2) is 40.2 Å². The summed E-state index contributed by atoms with van der Waals surface area (Å²) in [6, 6.07) is 3.07. The number of hydrogen-bond donors (Lipinski definition) is 0. The van der Waals surface area contributed by atoms with Gasteiger partial charge in [-0.3, -0.25) is 9.36 Å². The van der Waals surface area contributed by atoms with E-state index in [2.05, 4.69) is 4.98 Å². The molecule has 0 saturated carbocycles. The first-order valence-electron chi connectivity index (χ1n) is 3.99. The van der Waals surface area contributed by atoms with Crippen LogP contribution in [-0.4, -0.2) is 9.55 Å². The second-order valence-corrected chi connectivity index (χ2v) is 3.20. The Morgan fingerprint density at radius 3 is 3.07 bits per heavy atom. The Morgan fingerprint density at radius 2 is 2.43 bits per heavy atom. The molecular formula is C9H7ClN2O2. The average Bonchev–Trinajstić information content (AvgIpc) is 2.62. The van der Waals surface area contributed by atoms with Crippen LogP contribution in [-0.2, 0) is 6.54 Å². The van der Waals surface area contributed by atoms with Crippen LogP contribution in [0.5, 0.6) is 0 Å². The Morgan fingerprint density at radius 1 is 1.57 bits per heavy atom. The predicted molar refractivity (Wildman–Crippen MR) is 51.3 cm³/mol. The van der Waals surface area contributed by atoms with Crippen molar-refractivity contribution in [1.29, 1.82) is 0 Å². The number of furan rings is 1. The number of nitrogens with zero attached hydrogens (tertiary/aromatic N) is 2. The molecule has 0 fully saturated rings. The quantitative estimate of drug-likeness (QED) is 0.707. The topological polar surface area (TPSA) is 48.0 Å². The lowest BCUT2D eigenvalue weighted by atomic mass is 10.3. The second-order valence-electron chi connectivity index (χ2n) is 2.81. The summed E-state index contributed by atoms with van der Waals surface area (Å²) in [4.78, 5) is 15.2. The molecule has 0 aromatic carbocycles. The highest BCUT2D eigenvalue weighted by molar-refractivity contribution is 6.29. The molecule has 0 unspecified atom stereocenters. The van der Waals surface area contributed by atoms with Crippen LogP contribution in [0.25, 0.3) is 0 Å². The van der Waals surface area contributed by atoms with Crippen molar-refractivity contribution in [2.24, 2.45) is 0 Å². The van der Waals surface area contributed by atoms with Gasteiger partial charge in [-0.25, -0.2) is 4.98 Å². The number of aromatic nitrogens is 2. The van der Waals surface area contributed by atoms with Gasteiger partial charge in [-0.2, -0.15) is 0 Å². The van der Waals surface area contributed by atoms with Gasteiger partial charge in [-0.15, -0.1) is 0 Å². The number of rotatable bonds is 2. The van der Waals surface area contributed by atoms with Crippen molar-refractivity contribution in [3.8, 4) is 0 Å². The smallest absolute Gasteiger partial charge is 0.255 e. The highest BCUT2D eigenvalue weighted by Crippen LogP contribution is 2.02. The molecule has 72 valence electrons. The van der Waals surface area contributed by atoms with E-state index < -0.39 is 0 Å². The molecule has 14 heavy (non-hydrogen) atoms. The minimum Gasteiger partial charge on any atom is -0.472 e. The molecular weight excluding hydrogens is 204 g/mol. The standard InChI is InChI=1S/C9H7ClN2O2/c10-8-3-9(13)12(6-11-8)4-7-1-2-14-5-7/h1-3,5-6H,4H2. The first kappa shape index (κ1) is 9.02. The van der Waals surface area contributed by atoms with Crippen LogP contribution in [0.3, 0.4) is 0 Å². The minimum atomic E-state index is -0.175. The van der Waals surface area contributed by atoms with Crippen molar-refractivity contribution >= 4 is 11.6 Å². The zero-order valence-electron chi connectivity index (χ0n) is 7.18. The molecule has 2 rings (SSSR count). The fraction of sp³-hybridized carbons (Fsp3) is 0.111. The van der Waals surface area contributed by atoms with Gasteiger partial charge in [0.05, 0.1) is 25.4 Å². The van der Waals surface area contributed by atoms with Gasteiger partial charge in [0.2, 0.25) is 0 Å². The van der Waals surface area contributed by atoms with Gasteiger partial charge in [0.25, 0.3) is 5.56 Å². The molecule has 5 heteroatoms. The molecule has 0 bridgehead atoms. The van der Waals surface area contributed by atoms with Gasteiger partial charge in [-0.1, -0.05) is 11.6 Å². The third-order valence-electron chi connectivity index (χ3n) is 1.78. The van der Waals surface area contributed by atoms with Gasteiger partial charge < -0.3 is 4.42 Å². The second kappa shape index (κ2) is 3.67. The summed E-state index contributed by atoms with van der Waals surface area (Å²) in [5.41, 5.74) is 0.738. The van der Waals surface area contributed by atoms with Crippen molar-refractivity contribution in [3.05, 3.63) is 52.1 Å². The van der Waals surface area contributed by atoms with Crippen LogP contribution in [0, 0.1) is 0 Å². The Bertz CT molecular complexity index is 476. The summed E-state index contributed by atoms with van der Waals surface area (Å²) >= 11 is 5.56. The normalized spacial score (nSPS) is 10.4. The molecule has 0 amide bonds. The zero-order valence-corrected chi connectivity index (χ0v) is 7.94. The van der Waals surface area contributed by atoms with E-state index in [9.17, 15) is 4.79 Å². The number of halogens is 1. The van der Waals surface area contributed by atoms with Crippen molar-refractivity contribution in [3.63, 3.8) is 0 Å². The third kappa shape index (κ3) is 1.85.